The van der Waals surface area contributed by atoms with Crippen LogP contribution in [-0.2, 0) is 17.4 Å². The standard InChI is InChI=1S/C22H26F3N3O2/c1-30-20-7-5-17(6-8-20)15-21(29)26-9-10-27-11-13-28(14-12-27)19-4-2-3-18(16-19)22(23,24)25/h2-8,16H,9-15H2,1H3,(H,26,29). The third-order valence-electron chi connectivity index (χ3n) is 5.18. The van der Waals surface area contributed by atoms with Crippen LogP contribution in [0.3, 0.4) is 0 Å². The van der Waals surface area contributed by atoms with Gasteiger partial charge in [-0.25, -0.2) is 0 Å². The van der Waals surface area contributed by atoms with Gasteiger partial charge in [0.25, 0.3) is 0 Å². The molecule has 1 fully saturated rings. The van der Waals surface area contributed by atoms with Gasteiger partial charge in [0.2, 0.25) is 5.91 Å². The Morgan fingerprint density at radius 3 is 2.40 bits per heavy atom. The van der Waals surface area contributed by atoms with Gasteiger partial charge in [-0.1, -0.05) is 18.2 Å². The maximum absolute atomic E-state index is 12.9. The summed E-state index contributed by atoms with van der Waals surface area (Å²) in [5.41, 5.74) is 0.891. The van der Waals surface area contributed by atoms with E-state index < -0.39 is 11.7 Å². The summed E-state index contributed by atoms with van der Waals surface area (Å²) in [6, 6.07) is 12.8. The van der Waals surface area contributed by atoms with E-state index in [-0.39, 0.29) is 5.91 Å². The van der Waals surface area contributed by atoms with E-state index in [4.69, 9.17) is 4.74 Å². The molecule has 0 radical (unpaired) electrons. The number of rotatable bonds is 7. The van der Waals surface area contributed by atoms with Gasteiger partial charge in [-0.15, -0.1) is 0 Å². The Hall–Kier alpha value is -2.74. The maximum Gasteiger partial charge on any atom is 0.416 e. The van der Waals surface area contributed by atoms with Gasteiger partial charge in [0.1, 0.15) is 5.75 Å². The fourth-order valence-corrected chi connectivity index (χ4v) is 3.45. The molecule has 1 heterocycles. The number of hydrogen-bond donors (Lipinski definition) is 1. The van der Waals surface area contributed by atoms with Gasteiger partial charge in [0.15, 0.2) is 0 Å². The SMILES string of the molecule is COc1ccc(CC(=O)NCCN2CCN(c3cccc(C(F)(F)F)c3)CC2)cc1. The minimum atomic E-state index is -4.33. The predicted octanol–water partition coefficient (Wildman–Crippen LogP) is 3.19. The summed E-state index contributed by atoms with van der Waals surface area (Å²) in [4.78, 5) is 16.3. The number of halogens is 3. The number of alkyl halides is 3. The number of anilines is 1. The number of hydrogen-bond acceptors (Lipinski definition) is 4. The normalized spacial score (nSPS) is 15.1. The fourth-order valence-electron chi connectivity index (χ4n) is 3.45. The summed E-state index contributed by atoms with van der Waals surface area (Å²) < 4.78 is 43.8. The highest BCUT2D eigenvalue weighted by molar-refractivity contribution is 5.78. The lowest BCUT2D eigenvalue weighted by Crippen LogP contribution is -2.48. The number of methoxy groups -OCH3 is 1. The van der Waals surface area contributed by atoms with Crippen molar-refractivity contribution >= 4 is 11.6 Å². The van der Waals surface area contributed by atoms with E-state index in [1.54, 1.807) is 13.2 Å². The van der Waals surface area contributed by atoms with Crippen LogP contribution >= 0.6 is 0 Å². The van der Waals surface area contributed by atoms with Crippen molar-refractivity contribution in [1.29, 1.82) is 0 Å². The third kappa shape index (κ3) is 6.13. The van der Waals surface area contributed by atoms with Crippen molar-refractivity contribution in [2.24, 2.45) is 0 Å². The van der Waals surface area contributed by atoms with Gasteiger partial charge >= 0.3 is 6.18 Å². The second-order valence-corrected chi connectivity index (χ2v) is 7.25. The summed E-state index contributed by atoms with van der Waals surface area (Å²) in [6.07, 6.45) is -4.02. The first-order valence-electron chi connectivity index (χ1n) is 9.89. The molecule has 0 saturated carbocycles. The van der Waals surface area contributed by atoms with Crippen LogP contribution in [0.25, 0.3) is 0 Å². The van der Waals surface area contributed by atoms with Crippen molar-refractivity contribution in [3.63, 3.8) is 0 Å². The van der Waals surface area contributed by atoms with Crippen LogP contribution in [-0.4, -0.2) is 57.2 Å². The molecule has 0 aliphatic carbocycles. The first-order valence-corrected chi connectivity index (χ1v) is 9.89. The molecule has 162 valence electrons. The van der Waals surface area contributed by atoms with Crippen LogP contribution in [0, 0.1) is 0 Å². The van der Waals surface area contributed by atoms with E-state index in [9.17, 15) is 18.0 Å². The van der Waals surface area contributed by atoms with E-state index in [1.807, 2.05) is 29.2 Å². The minimum Gasteiger partial charge on any atom is -0.497 e. The molecule has 2 aromatic carbocycles. The smallest absolute Gasteiger partial charge is 0.416 e. The molecule has 2 aromatic rings. The molecule has 1 N–H and O–H groups in total. The van der Waals surface area contributed by atoms with Crippen LogP contribution < -0.4 is 15.0 Å². The van der Waals surface area contributed by atoms with Crippen LogP contribution in [0.4, 0.5) is 18.9 Å². The average molecular weight is 421 g/mol. The van der Waals surface area contributed by atoms with Crippen molar-refractivity contribution in [3.05, 3.63) is 59.7 Å². The maximum atomic E-state index is 12.9. The molecule has 0 bridgehead atoms. The first-order chi connectivity index (χ1) is 14.3. The van der Waals surface area contributed by atoms with Crippen LogP contribution in [0.2, 0.25) is 0 Å². The van der Waals surface area contributed by atoms with Crippen molar-refractivity contribution < 1.29 is 22.7 Å². The second-order valence-electron chi connectivity index (χ2n) is 7.25. The second kappa shape index (κ2) is 9.84. The number of carbonyl (C=O) groups is 1. The first kappa shape index (κ1) is 22.0. The van der Waals surface area contributed by atoms with Crippen molar-refractivity contribution in [2.45, 2.75) is 12.6 Å². The summed E-state index contributed by atoms with van der Waals surface area (Å²) in [7, 11) is 1.60. The van der Waals surface area contributed by atoms with E-state index in [0.717, 1.165) is 30.5 Å². The van der Waals surface area contributed by atoms with Crippen LogP contribution in [0.1, 0.15) is 11.1 Å². The van der Waals surface area contributed by atoms with Crippen LogP contribution in [0.5, 0.6) is 5.75 Å². The zero-order valence-electron chi connectivity index (χ0n) is 16.9. The molecule has 3 rings (SSSR count). The largest absolute Gasteiger partial charge is 0.497 e. The lowest BCUT2D eigenvalue weighted by atomic mass is 10.1. The zero-order chi connectivity index (χ0) is 21.6. The Kier molecular flexibility index (Phi) is 7.20. The molecule has 1 amide bonds. The quantitative estimate of drug-likeness (QED) is 0.746. The molecular weight excluding hydrogens is 395 g/mol. The highest BCUT2D eigenvalue weighted by Gasteiger charge is 2.31. The van der Waals surface area contributed by atoms with Crippen molar-refractivity contribution in [1.82, 2.24) is 10.2 Å². The average Bonchev–Trinajstić information content (AvgIpc) is 2.74. The Morgan fingerprint density at radius 1 is 1.07 bits per heavy atom. The minimum absolute atomic E-state index is 0.0391. The molecule has 30 heavy (non-hydrogen) atoms. The molecule has 1 aliphatic heterocycles. The third-order valence-corrected chi connectivity index (χ3v) is 5.18. The molecule has 1 saturated heterocycles. The van der Waals surface area contributed by atoms with Crippen molar-refractivity contribution in [3.8, 4) is 5.75 Å². The lowest BCUT2D eigenvalue weighted by Gasteiger charge is -2.36. The Morgan fingerprint density at radius 2 is 1.77 bits per heavy atom. The molecule has 8 heteroatoms. The van der Waals surface area contributed by atoms with E-state index >= 15 is 0 Å². The van der Waals surface area contributed by atoms with E-state index in [1.165, 1.54) is 12.1 Å². The van der Waals surface area contributed by atoms with Gasteiger partial charge < -0.3 is 15.0 Å². The number of amides is 1. The lowest BCUT2D eigenvalue weighted by molar-refractivity contribution is -0.137. The number of nitrogens with zero attached hydrogens (tertiary/aromatic N) is 2. The van der Waals surface area contributed by atoms with Crippen LogP contribution in [0.15, 0.2) is 48.5 Å². The van der Waals surface area contributed by atoms with Crippen molar-refractivity contribution in [2.75, 3.05) is 51.3 Å². The molecule has 0 aromatic heterocycles. The van der Waals surface area contributed by atoms with Gasteiger partial charge in [0, 0.05) is 45.0 Å². The zero-order valence-corrected chi connectivity index (χ0v) is 16.9. The molecule has 0 atom stereocenters. The Bertz CT molecular complexity index is 832. The molecule has 5 nitrogen and oxygen atoms in total. The highest BCUT2D eigenvalue weighted by atomic mass is 19.4. The number of ether oxygens (including phenoxy) is 1. The topological polar surface area (TPSA) is 44.8 Å². The Labute approximate surface area is 174 Å². The molecule has 0 unspecified atom stereocenters. The predicted molar refractivity (Wildman–Crippen MR) is 110 cm³/mol. The number of benzene rings is 2. The summed E-state index contributed by atoms with van der Waals surface area (Å²) in [6.45, 7) is 4.04. The van der Waals surface area contributed by atoms with Gasteiger partial charge in [-0.2, -0.15) is 13.2 Å². The Balaban J connectivity index is 1.39. The van der Waals surface area contributed by atoms with Gasteiger partial charge in [-0.05, 0) is 35.9 Å². The monoisotopic (exact) mass is 421 g/mol. The summed E-state index contributed by atoms with van der Waals surface area (Å²) in [5, 5.41) is 2.92. The molecule has 0 spiro atoms. The fraction of sp³-hybridized carbons (Fsp3) is 0.409. The number of nitrogens with one attached hydrogen (secondary N) is 1. The summed E-state index contributed by atoms with van der Waals surface area (Å²) >= 11 is 0. The number of carbonyl (C=O) groups excluding carboxylic acids is 1. The van der Waals surface area contributed by atoms with E-state index in [2.05, 4.69) is 10.2 Å². The molecular formula is C22H26F3N3O2. The molecule has 1 aliphatic rings. The summed E-state index contributed by atoms with van der Waals surface area (Å²) in [5.74, 6) is 0.714. The van der Waals surface area contributed by atoms with Gasteiger partial charge in [0.05, 0.1) is 19.1 Å². The highest BCUT2D eigenvalue weighted by Crippen LogP contribution is 2.31. The van der Waals surface area contributed by atoms with Gasteiger partial charge in [-0.3, -0.25) is 9.69 Å². The number of piperazine rings is 1. The van der Waals surface area contributed by atoms with E-state index in [0.29, 0.717) is 38.3 Å².